The second-order valence-corrected chi connectivity index (χ2v) is 12.0. The fourth-order valence-corrected chi connectivity index (χ4v) is 6.49. The highest BCUT2D eigenvalue weighted by atomic mass is 16.5. The minimum absolute atomic E-state index is 0.215. The zero-order valence-electron chi connectivity index (χ0n) is 24.3. The summed E-state index contributed by atoms with van der Waals surface area (Å²) in [4.78, 5) is 26.7. The Morgan fingerprint density at radius 1 is 1.02 bits per heavy atom. The van der Waals surface area contributed by atoms with Gasteiger partial charge in [-0.2, -0.15) is 0 Å². The highest BCUT2D eigenvalue weighted by Gasteiger charge is 2.37. The molecule has 7 nitrogen and oxygen atoms in total. The van der Waals surface area contributed by atoms with Crippen molar-refractivity contribution >= 4 is 5.91 Å². The van der Waals surface area contributed by atoms with E-state index in [4.69, 9.17) is 4.74 Å². The summed E-state index contributed by atoms with van der Waals surface area (Å²) in [6.07, 6.45) is 14.9. The van der Waals surface area contributed by atoms with E-state index < -0.39 is 0 Å². The number of rotatable bonds is 6. The minimum Gasteiger partial charge on any atom is -0.492 e. The molecule has 2 aromatic heterocycles. The van der Waals surface area contributed by atoms with Gasteiger partial charge in [0.1, 0.15) is 18.2 Å². The molecule has 0 saturated carbocycles. The van der Waals surface area contributed by atoms with Crippen molar-refractivity contribution in [1.82, 2.24) is 24.3 Å². The Morgan fingerprint density at radius 2 is 1.88 bits per heavy atom. The molecule has 5 rings (SSSR count). The molecule has 7 heteroatoms. The van der Waals surface area contributed by atoms with E-state index in [0.29, 0.717) is 25.5 Å². The Bertz CT molecular complexity index is 1220. The number of ether oxygens (including phenoxy) is 1. The molecule has 40 heavy (non-hydrogen) atoms. The smallest absolute Gasteiger partial charge is 0.224 e. The molecule has 3 aromatic rings. The van der Waals surface area contributed by atoms with Crippen molar-refractivity contribution in [2.45, 2.75) is 77.8 Å². The molecule has 0 N–H and O–H groups in total. The predicted molar refractivity (Wildman–Crippen MR) is 158 cm³/mol. The first-order valence-electron chi connectivity index (χ1n) is 15.1. The number of hydrogen-bond acceptors (Lipinski definition) is 5. The number of aromatic nitrogens is 3. The molecule has 1 spiro atoms. The van der Waals surface area contributed by atoms with Crippen LogP contribution in [0, 0.1) is 5.41 Å². The molecule has 0 bridgehead atoms. The summed E-state index contributed by atoms with van der Waals surface area (Å²) in [6, 6.07) is 12.7. The lowest BCUT2D eigenvalue weighted by atomic mass is 9.73. The lowest BCUT2D eigenvalue weighted by Gasteiger charge is -2.45. The third-order valence-electron chi connectivity index (χ3n) is 8.74. The van der Waals surface area contributed by atoms with Crippen molar-refractivity contribution in [1.29, 1.82) is 0 Å². The highest BCUT2D eigenvalue weighted by Crippen LogP contribution is 2.39. The van der Waals surface area contributed by atoms with Crippen LogP contribution in [0.3, 0.4) is 0 Å². The number of para-hydroxylation sites is 1. The Hall–Kier alpha value is -3.19. The second kappa shape index (κ2) is 13.4. The van der Waals surface area contributed by atoms with Crippen LogP contribution in [0.1, 0.15) is 75.2 Å². The number of carbonyl (C=O) groups excluding carboxylic acids is 1. The van der Waals surface area contributed by atoms with Gasteiger partial charge in [-0.3, -0.25) is 14.7 Å². The Balaban J connectivity index is 1.25. The molecule has 0 atom stereocenters. The number of piperidine rings is 1. The van der Waals surface area contributed by atoms with E-state index in [9.17, 15) is 4.79 Å². The Labute approximate surface area is 239 Å². The van der Waals surface area contributed by atoms with Crippen LogP contribution in [0.5, 0.6) is 5.75 Å². The quantitative estimate of drug-likeness (QED) is 0.399. The van der Waals surface area contributed by atoms with Gasteiger partial charge in [0.25, 0.3) is 0 Å². The van der Waals surface area contributed by atoms with E-state index >= 15 is 0 Å². The first-order valence-corrected chi connectivity index (χ1v) is 15.1. The van der Waals surface area contributed by atoms with E-state index in [-0.39, 0.29) is 11.3 Å². The van der Waals surface area contributed by atoms with E-state index in [1.165, 1.54) is 24.0 Å². The van der Waals surface area contributed by atoms with Gasteiger partial charge in [-0.1, -0.05) is 44.5 Å². The van der Waals surface area contributed by atoms with Crippen LogP contribution in [0.2, 0.25) is 0 Å². The number of imidazole rings is 1. The Kier molecular flexibility index (Phi) is 9.53. The van der Waals surface area contributed by atoms with Crippen molar-refractivity contribution in [3.8, 4) is 5.75 Å². The maximum Gasteiger partial charge on any atom is 0.224 e. The first kappa shape index (κ1) is 28.3. The monoisotopic (exact) mass is 543 g/mol. The average molecular weight is 544 g/mol. The van der Waals surface area contributed by atoms with Gasteiger partial charge in [0, 0.05) is 76.4 Å². The van der Waals surface area contributed by atoms with Gasteiger partial charge in [-0.25, -0.2) is 4.98 Å². The number of likely N-dealkylation sites (tertiary alicyclic amines) is 1. The number of pyridine rings is 1. The summed E-state index contributed by atoms with van der Waals surface area (Å²) in [5.74, 6) is 2.71. The van der Waals surface area contributed by atoms with Crippen LogP contribution in [0.4, 0.5) is 0 Å². The van der Waals surface area contributed by atoms with Gasteiger partial charge >= 0.3 is 0 Å². The fourth-order valence-electron chi connectivity index (χ4n) is 6.49. The van der Waals surface area contributed by atoms with Crippen molar-refractivity contribution < 1.29 is 9.53 Å². The van der Waals surface area contributed by atoms with E-state index in [0.717, 1.165) is 70.0 Å². The molecule has 2 aliphatic rings. The van der Waals surface area contributed by atoms with Gasteiger partial charge in [0.2, 0.25) is 5.91 Å². The van der Waals surface area contributed by atoms with Crippen LogP contribution < -0.4 is 4.74 Å². The number of nitrogens with zero attached hydrogens (tertiary/aromatic N) is 5. The van der Waals surface area contributed by atoms with Gasteiger partial charge in [0.05, 0.1) is 0 Å². The second-order valence-electron chi connectivity index (χ2n) is 12.0. The number of carbonyl (C=O) groups is 1. The summed E-state index contributed by atoms with van der Waals surface area (Å²) in [7, 11) is 0. The molecular formula is C33H45N5O2. The zero-order valence-corrected chi connectivity index (χ0v) is 24.3. The minimum atomic E-state index is 0.215. The highest BCUT2D eigenvalue weighted by molar-refractivity contribution is 5.76. The lowest BCUT2D eigenvalue weighted by Crippen LogP contribution is -2.48. The summed E-state index contributed by atoms with van der Waals surface area (Å²) in [6.45, 7) is 10.1. The molecule has 1 fully saturated rings. The number of benzene rings is 1. The first-order chi connectivity index (χ1) is 19.5. The van der Waals surface area contributed by atoms with Gasteiger partial charge in [-0.15, -0.1) is 0 Å². The molecule has 1 amide bonds. The molecule has 1 aromatic carbocycles. The summed E-state index contributed by atoms with van der Waals surface area (Å²) in [5, 5.41) is 0. The topological polar surface area (TPSA) is 63.5 Å². The van der Waals surface area contributed by atoms with Gasteiger partial charge in [0.15, 0.2) is 0 Å². The third-order valence-corrected chi connectivity index (χ3v) is 8.74. The number of amides is 1. The number of hydrogen-bond donors (Lipinski definition) is 0. The van der Waals surface area contributed by atoms with Crippen molar-refractivity contribution in [2.24, 2.45) is 5.41 Å². The van der Waals surface area contributed by atoms with Crippen LogP contribution in [0.15, 0.2) is 61.2 Å². The summed E-state index contributed by atoms with van der Waals surface area (Å²) >= 11 is 0. The Morgan fingerprint density at radius 3 is 2.67 bits per heavy atom. The predicted octanol–water partition coefficient (Wildman–Crippen LogP) is 5.71. The van der Waals surface area contributed by atoms with Crippen LogP contribution in [0.25, 0.3) is 0 Å². The fraction of sp³-hybridized carbons (Fsp3) is 0.545. The van der Waals surface area contributed by atoms with Crippen molar-refractivity contribution in [2.75, 3.05) is 32.8 Å². The zero-order chi connectivity index (χ0) is 27.8. The van der Waals surface area contributed by atoms with E-state index in [2.05, 4.69) is 68.5 Å². The maximum atomic E-state index is 13.2. The lowest BCUT2D eigenvalue weighted by molar-refractivity contribution is -0.134. The van der Waals surface area contributed by atoms with Crippen LogP contribution in [-0.2, 0) is 24.3 Å². The number of aryl methyl sites for hydroxylation is 2. The van der Waals surface area contributed by atoms with Crippen molar-refractivity contribution in [3.63, 3.8) is 0 Å². The summed E-state index contributed by atoms with van der Waals surface area (Å²) in [5.41, 5.74) is 2.76. The van der Waals surface area contributed by atoms with E-state index in [1.54, 1.807) is 0 Å². The third kappa shape index (κ3) is 7.30. The van der Waals surface area contributed by atoms with Crippen molar-refractivity contribution in [3.05, 3.63) is 78.1 Å². The molecule has 1 saturated heterocycles. The van der Waals surface area contributed by atoms with Crippen LogP contribution in [-0.4, -0.2) is 63.0 Å². The van der Waals surface area contributed by atoms with E-state index in [1.807, 2.05) is 30.9 Å². The SMILES string of the molecule is CC(C)c1nccn1CCC(=O)N1CCC2(CCCCc3ccccc3OCCN(Cc3cccnc3)C2)CC1. The van der Waals surface area contributed by atoms with Gasteiger partial charge < -0.3 is 14.2 Å². The molecule has 4 heterocycles. The molecular weight excluding hydrogens is 498 g/mol. The largest absolute Gasteiger partial charge is 0.492 e. The molecule has 0 unspecified atom stereocenters. The maximum absolute atomic E-state index is 13.2. The average Bonchev–Trinajstić information content (AvgIpc) is 3.44. The number of fused-ring (bicyclic) bond motifs is 1. The van der Waals surface area contributed by atoms with Crippen LogP contribution >= 0.6 is 0 Å². The normalized spacial score (nSPS) is 18.5. The summed E-state index contributed by atoms with van der Waals surface area (Å²) < 4.78 is 8.45. The standard InChI is InChI=1S/C33H45N5O2/c1-27(2)32-35-17-21-38(32)18-12-31(39)37-19-14-33(15-20-37)13-6-5-10-29-9-3-4-11-30(29)40-23-22-36(26-33)25-28-8-7-16-34-24-28/h3-4,7-9,11,16-17,21,24,27H,5-6,10,12-15,18-20,22-23,25-26H2,1-2H3. The molecule has 214 valence electrons. The molecule has 0 radical (unpaired) electrons. The molecule has 2 aliphatic heterocycles. The van der Waals surface area contributed by atoms with Gasteiger partial charge in [-0.05, 0) is 60.8 Å². The molecule has 0 aliphatic carbocycles.